The molecule has 0 spiro atoms. The molecular weight excluding hydrogens is 296 g/mol. The Morgan fingerprint density at radius 3 is 2.83 bits per heavy atom. The van der Waals surface area contributed by atoms with Crippen molar-refractivity contribution in [1.29, 1.82) is 0 Å². The molecule has 0 atom stereocenters. The van der Waals surface area contributed by atoms with E-state index in [4.69, 9.17) is 0 Å². The molecule has 0 fully saturated rings. The summed E-state index contributed by atoms with van der Waals surface area (Å²) in [4.78, 5) is 39.6. The zero-order valence-corrected chi connectivity index (χ0v) is 12.4. The number of Topliss-reactive ketones (excluding diaryl/α,β-unsaturated/α-hetero) is 1. The molecule has 116 valence electrons. The SMILES string of the molecule is CC(=O)c1cccc(NC(=O)Cn2ccn3ccnc3c2=O)c1. The van der Waals surface area contributed by atoms with E-state index in [1.807, 2.05) is 0 Å². The van der Waals surface area contributed by atoms with E-state index in [0.717, 1.165) is 0 Å². The fourth-order valence-electron chi connectivity index (χ4n) is 2.24. The van der Waals surface area contributed by atoms with E-state index in [0.29, 0.717) is 11.3 Å². The van der Waals surface area contributed by atoms with E-state index in [-0.39, 0.29) is 29.4 Å². The molecule has 7 nitrogen and oxygen atoms in total. The van der Waals surface area contributed by atoms with E-state index in [9.17, 15) is 14.4 Å². The number of rotatable bonds is 4. The summed E-state index contributed by atoms with van der Waals surface area (Å²) in [6.45, 7) is 1.33. The van der Waals surface area contributed by atoms with Crippen LogP contribution in [0.4, 0.5) is 5.69 Å². The van der Waals surface area contributed by atoms with E-state index < -0.39 is 0 Å². The van der Waals surface area contributed by atoms with Gasteiger partial charge in [-0.2, -0.15) is 0 Å². The van der Waals surface area contributed by atoms with Gasteiger partial charge in [-0.1, -0.05) is 12.1 Å². The summed E-state index contributed by atoms with van der Waals surface area (Å²) in [7, 11) is 0. The number of imidazole rings is 1. The van der Waals surface area contributed by atoms with Crippen molar-refractivity contribution in [3.05, 3.63) is 65.0 Å². The molecule has 1 aromatic carbocycles. The van der Waals surface area contributed by atoms with Crippen LogP contribution in [0, 0.1) is 0 Å². The van der Waals surface area contributed by atoms with Crippen molar-refractivity contribution >= 4 is 23.0 Å². The first-order valence-electron chi connectivity index (χ1n) is 6.97. The van der Waals surface area contributed by atoms with Gasteiger partial charge in [0.15, 0.2) is 5.78 Å². The maximum Gasteiger partial charge on any atom is 0.294 e. The number of carbonyl (C=O) groups excluding carboxylic acids is 2. The molecule has 2 aromatic heterocycles. The maximum absolute atomic E-state index is 12.2. The lowest BCUT2D eigenvalue weighted by Gasteiger charge is -2.08. The predicted molar refractivity (Wildman–Crippen MR) is 84.5 cm³/mol. The van der Waals surface area contributed by atoms with Gasteiger partial charge in [-0.05, 0) is 19.1 Å². The Balaban J connectivity index is 1.78. The quantitative estimate of drug-likeness (QED) is 0.737. The number of amides is 1. The van der Waals surface area contributed by atoms with E-state index in [2.05, 4.69) is 10.3 Å². The number of nitrogens with one attached hydrogen (secondary N) is 1. The van der Waals surface area contributed by atoms with Crippen LogP contribution in [-0.2, 0) is 11.3 Å². The fraction of sp³-hybridized carbons (Fsp3) is 0.125. The van der Waals surface area contributed by atoms with Gasteiger partial charge in [-0.3, -0.25) is 14.4 Å². The van der Waals surface area contributed by atoms with Crippen molar-refractivity contribution in [3.63, 3.8) is 0 Å². The monoisotopic (exact) mass is 310 g/mol. The average Bonchev–Trinajstić information content (AvgIpc) is 2.99. The summed E-state index contributed by atoms with van der Waals surface area (Å²) in [6.07, 6.45) is 6.37. The average molecular weight is 310 g/mol. The molecular formula is C16H14N4O3. The van der Waals surface area contributed by atoms with Crippen LogP contribution < -0.4 is 10.9 Å². The molecule has 0 aliphatic rings. The van der Waals surface area contributed by atoms with Crippen LogP contribution in [0.5, 0.6) is 0 Å². The highest BCUT2D eigenvalue weighted by molar-refractivity contribution is 5.97. The molecule has 2 heterocycles. The van der Waals surface area contributed by atoms with Crippen LogP contribution in [0.1, 0.15) is 17.3 Å². The molecule has 7 heteroatoms. The van der Waals surface area contributed by atoms with Gasteiger partial charge in [0.05, 0.1) is 0 Å². The van der Waals surface area contributed by atoms with E-state index in [1.54, 1.807) is 41.1 Å². The topological polar surface area (TPSA) is 85.5 Å². The number of hydrogen-bond donors (Lipinski definition) is 1. The van der Waals surface area contributed by atoms with Crippen LogP contribution in [0.2, 0.25) is 0 Å². The molecule has 0 saturated carbocycles. The lowest BCUT2D eigenvalue weighted by molar-refractivity contribution is -0.116. The van der Waals surface area contributed by atoms with Gasteiger partial charge >= 0.3 is 0 Å². The summed E-state index contributed by atoms with van der Waals surface area (Å²) in [5.74, 6) is -0.439. The highest BCUT2D eigenvalue weighted by Crippen LogP contribution is 2.11. The number of hydrogen-bond acceptors (Lipinski definition) is 4. The van der Waals surface area contributed by atoms with Gasteiger partial charge in [-0.25, -0.2) is 4.98 Å². The number of benzene rings is 1. The minimum atomic E-state index is -0.358. The third-order valence-electron chi connectivity index (χ3n) is 3.39. The maximum atomic E-state index is 12.2. The first-order valence-corrected chi connectivity index (χ1v) is 6.97. The molecule has 0 radical (unpaired) electrons. The third-order valence-corrected chi connectivity index (χ3v) is 3.39. The highest BCUT2D eigenvalue weighted by atomic mass is 16.2. The molecule has 1 N–H and O–H groups in total. The summed E-state index contributed by atoms with van der Waals surface area (Å²) in [6, 6.07) is 6.65. The Bertz CT molecular complexity index is 955. The van der Waals surface area contributed by atoms with Crippen LogP contribution in [-0.4, -0.2) is 25.6 Å². The summed E-state index contributed by atoms with van der Waals surface area (Å²) < 4.78 is 2.87. The largest absolute Gasteiger partial charge is 0.325 e. The normalized spacial score (nSPS) is 10.7. The molecule has 1 amide bonds. The van der Waals surface area contributed by atoms with Gasteiger partial charge in [0.2, 0.25) is 11.6 Å². The molecule has 0 bridgehead atoms. The number of carbonyl (C=O) groups is 2. The Labute approximate surface area is 131 Å². The lowest BCUT2D eigenvalue weighted by Crippen LogP contribution is -2.28. The lowest BCUT2D eigenvalue weighted by atomic mass is 10.1. The van der Waals surface area contributed by atoms with E-state index >= 15 is 0 Å². The van der Waals surface area contributed by atoms with Crippen molar-refractivity contribution in [3.8, 4) is 0 Å². The van der Waals surface area contributed by atoms with Crippen LogP contribution in [0.3, 0.4) is 0 Å². The number of nitrogens with zero attached hydrogens (tertiary/aromatic N) is 3. The molecule has 23 heavy (non-hydrogen) atoms. The highest BCUT2D eigenvalue weighted by Gasteiger charge is 2.09. The minimum Gasteiger partial charge on any atom is -0.325 e. The van der Waals surface area contributed by atoms with Crippen LogP contribution >= 0.6 is 0 Å². The number of ketones is 1. The predicted octanol–water partition coefficient (Wildman–Crippen LogP) is 1.34. The van der Waals surface area contributed by atoms with Gasteiger partial charge in [0, 0.05) is 36.0 Å². The van der Waals surface area contributed by atoms with Crippen molar-refractivity contribution in [1.82, 2.24) is 14.0 Å². The Morgan fingerprint density at radius 1 is 1.22 bits per heavy atom. The second-order valence-corrected chi connectivity index (χ2v) is 5.07. The molecule has 0 unspecified atom stereocenters. The zero-order valence-electron chi connectivity index (χ0n) is 12.4. The summed E-state index contributed by atoms with van der Waals surface area (Å²) >= 11 is 0. The third kappa shape index (κ3) is 3.03. The molecule has 0 saturated heterocycles. The van der Waals surface area contributed by atoms with Crippen LogP contribution in [0.25, 0.3) is 5.65 Å². The van der Waals surface area contributed by atoms with Crippen molar-refractivity contribution < 1.29 is 9.59 Å². The zero-order chi connectivity index (χ0) is 16.4. The number of fused-ring (bicyclic) bond motifs is 1. The smallest absolute Gasteiger partial charge is 0.294 e. The molecule has 0 aliphatic carbocycles. The van der Waals surface area contributed by atoms with Crippen LogP contribution in [0.15, 0.2) is 53.8 Å². The Hall–Kier alpha value is -3.22. The van der Waals surface area contributed by atoms with Crippen molar-refractivity contribution in [2.24, 2.45) is 0 Å². The summed E-state index contributed by atoms with van der Waals surface area (Å²) in [5, 5.41) is 2.68. The molecule has 3 rings (SSSR count). The van der Waals surface area contributed by atoms with E-state index in [1.165, 1.54) is 23.9 Å². The number of anilines is 1. The Morgan fingerprint density at radius 2 is 2.04 bits per heavy atom. The first kappa shape index (κ1) is 14.7. The second-order valence-electron chi connectivity index (χ2n) is 5.07. The molecule has 3 aromatic rings. The van der Waals surface area contributed by atoms with Gasteiger partial charge in [0.1, 0.15) is 6.54 Å². The van der Waals surface area contributed by atoms with Crippen molar-refractivity contribution in [2.75, 3.05) is 5.32 Å². The minimum absolute atomic E-state index is 0.0814. The van der Waals surface area contributed by atoms with Gasteiger partial charge in [0.25, 0.3) is 5.56 Å². The fourth-order valence-corrected chi connectivity index (χ4v) is 2.24. The number of aromatic nitrogens is 3. The summed E-state index contributed by atoms with van der Waals surface area (Å²) in [5.41, 5.74) is 0.945. The Kier molecular flexibility index (Phi) is 3.76. The van der Waals surface area contributed by atoms with Gasteiger partial charge in [-0.15, -0.1) is 0 Å². The standard InChI is InChI=1S/C16H14N4O3/c1-11(21)12-3-2-4-13(9-12)18-14(22)10-20-8-7-19-6-5-17-15(19)16(20)23/h2-9H,10H2,1H3,(H,18,22). The van der Waals surface area contributed by atoms with Gasteiger partial charge < -0.3 is 14.3 Å². The van der Waals surface area contributed by atoms with Crippen molar-refractivity contribution in [2.45, 2.75) is 13.5 Å². The first-order chi connectivity index (χ1) is 11.0. The second kappa shape index (κ2) is 5.88. The molecule has 0 aliphatic heterocycles.